The van der Waals surface area contributed by atoms with Crippen LogP contribution in [0, 0.1) is 0 Å². The van der Waals surface area contributed by atoms with E-state index >= 15 is 0 Å². The number of nitrogens with one attached hydrogen (secondary N) is 1. The SMILES string of the molecule is CC(NCCCN=[N+]=[N-])C(=O)O. The van der Waals surface area contributed by atoms with Gasteiger partial charge in [-0.25, -0.2) is 0 Å². The topological polar surface area (TPSA) is 98.1 Å². The van der Waals surface area contributed by atoms with Crippen LogP contribution in [0.15, 0.2) is 5.11 Å². The van der Waals surface area contributed by atoms with Crippen molar-refractivity contribution in [2.45, 2.75) is 19.4 Å². The molecule has 0 bridgehead atoms. The summed E-state index contributed by atoms with van der Waals surface area (Å²) in [7, 11) is 0. The molecule has 0 radical (unpaired) electrons. The number of rotatable bonds is 6. The van der Waals surface area contributed by atoms with Crippen molar-refractivity contribution in [1.82, 2.24) is 5.32 Å². The highest BCUT2D eigenvalue weighted by atomic mass is 16.4. The molecule has 6 nitrogen and oxygen atoms in total. The number of carboxylic acids is 1. The van der Waals surface area contributed by atoms with Crippen molar-refractivity contribution < 1.29 is 9.90 Å². The van der Waals surface area contributed by atoms with Gasteiger partial charge in [-0.15, -0.1) is 0 Å². The number of aliphatic carboxylic acids is 1. The Labute approximate surface area is 70.2 Å². The summed E-state index contributed by atoms with van der Waals surface area (Å²) in [4.78, 5) is 12.8. The molecule has 0 saturated heterocycles. The highest BCUT2D eigenvalue weighted by Gasteiger charge is 2.07. The van der Waals surface area contributed by atoms with Gasteiger partial charge in [0.2, 0.25) is 0 Å². The van der Waals surface area contributed by atoms with E-state index in [2.05, 4.69) is 15.3 Å². The lowest BCUT2D eigenvalue weighted by atomic mass is 10.3. The van der Waals surface area contributed by atoms with Crippen molar-refractivity contribution in [3.8, 4) is 0 Å². The van der Waals surface area contributed by atoms with Crippen molar-refractivity contribution in [3.05, 3.63) is 10.4 Å². The van der Waals surface area contributed by atoms with Gasteiger partial charge in [0.05, 0.1) is 0 Å². The number of nitrogens with zero attached hydrogens (tertiary/aromatic N) is 3. The lowest BCUT2D eigenvalue weighted by Crippen LogP contribution is -2.34. The molecular formula is C6H12N4O2. The summed E-state index contributed by atoms with van der Waals surface area (Å²) in [5.74, 6) is -0.876. The fourth-order valence-corrected chi connectivity index (χ4v) is 0.600. The lowest BCUT2D eigenvalue weighted by Gasteiger charge is -2.06. The van der Waals surface area contributed by atoms with E-state index in [0.29, 0.717) is 19.5 Å². The van der Waals surface area contributed by atoms with Gasteiger partial charge < -0.3 is 10.4 Å². The third kappa shape index (κ3) is 5.52. The zero-order chi connectivity index (χ0) is 9.40. The van der Waals surface area contributed by atoms with Gasteiger partial charge in [0.15, 0.2) is 0 Å². The van der Waals surface area contributed by atoms with Gasteiger partial charge in [0, 0.05) is 11.5 Å². The second kappa shape index (κ2) is 6.45. The molecule has 0 fully saturated rings. The van der Waals surface area contributed by atoms with Crippen LogP contribution in [0.5, 0.6) is 0 Å². The Morgan fingerprint density at radius 3 is 3.00 bits per heavy atom. The average molecular weight is 172 g/mol. The Morgan fingerprint density at radius 2 is 2.50 bits per heavy atom. The second-order valence-corrected chi connectivity index (χ2v) is 2.32. The Balaban J connectivity index is 3.31. The van der Waals surface area contributed by atoms with E-state index in [1.165, 1.54) is 0 Å². The number of carboxylic acid groups (broad SMARTS) is 1. The van der Waals surface area contributed by atoms with E-state index in [-0.39, 0.29) is 0 Å². The molecule has 12 heavy (non-hydrogen) atoms. The number of azide groups is 1. The highest BCUT2D eigenvalue weighted by Crippen LogP contribution is 1.84. The molecule has 0 saturated carbocycles. The van der Waals surface area contributed by atoms with Crippen molar-refractivity contribution >= 4 is 5.97 Å². The highest BCUT2D eigenvalue weighted by molar-refractivity contribution is 5.72. The second-order valence-electron chi connectivity index (χ2n) is 2.32. The van der Waals surface area contributed by atoms with Gasteiger partial charge in [0.25, 0.3) is 0 Å². The normalized spacial score (nSPS) is 11.8. The van der Waals surface area contributed by atoms with Crippen LogP contribution >= 0.6 is 0 Å². The number of carbonyl (C=O) groups is 1. The van der Waals surface area contributed by atoms with Gasteiger partial charge in [0.1, 0.15) is 6.04 Å². The molecule has 0 aliphatic heterocycles. The van der Waals surface area contributed by atoms with E-state index in [1.54, 1.807) is 6.92 Å². The number of hydrogen-bond donors (Lipinski definition) is 2. The van der Waals surface area contributed by atoms with Gasteiger partial charge in [-0.05, 0) is 25.4 Å². The minimum atomic E-state index is -0.876. The first-order valence-corrected chi connectivity index (χ1v) is 3.65. The van der Waals surface area contributed by atoms with Crippen LogP contribution < -0.4 is 5.32 Å². The van der Waals surface area contributed by atoms with Crippen LogP contribution in [0.1, 0.15) is 13.3 Å². The summed E-state index contributed by atoms with van der Waals surface area (Å²) in [5.41, 5.74) is 7.91. The van der Waals surface area contributed by atoms with E-state index in [9.17, 15) is 4.79 Å². The smallest absolute Gasteiger partial charge is 0.320 e. The molecule has 68 valence electrons. The third-order valence-electron chi connectivity index (χ3n) is 1.32. The maximum absolute atomic E-state index is 10.3. The van der Waals surface area contributed by atoms with Crippen molar-refractivity contribution in [2.75, 3.05) is 13.1 Å². The van der Waals surface area contributed by atoms with Crippen molar-refractivity contribution in [1.29, 1.82) is 0 Å². The van der Waals surface area contributed by atoms with Gasteiger partial charge >= 0.3 is 5.97 Å². The monoisotopic (exact) mass is 172 g/mol. The fraction of sp³-hybridized carbons (Fsp3) is 0.833. The summed E-state index contributed by atoms with van der Waals surface area (Å²) in [6, 6.07) is -0.545. The Bertz CT molecular complexity index is 188. The molecule has 0 heterocycles. The van der Waals surface area contributed by atoms with E-state index in [0.717, 1.165) is 0 Å². The molecule has 0 aliphatic carbocycles. The molecular weight excluding hydrogens is 160 g/mol. The Morgan fingerprint density at radius 1 is 1.83 bits per heavy atom. The van der Waals surface area contributed by atoms with Crippen LogP contribution in [-0.4, -0.2) is 30.2 Å². The molecule has 0 rings (SSSR count). The first-order chi connectivity index (χ1) is 5.68. The van der Waals surface area contributed by atoms with Crippen LogP contribution in [-0.2, 0) is 4.79 Å². The van der Waals surface area contributed by atoms with Crippen molar-refractivity contribution in [3.63, 3.8) is 0 Å². The molecule has 0 amide bonds. The molecule has 0 aromatic carbocycles. The van der Waals surface area contributed by atoms with E-state index in [4.69, 9.17) is 10.6 Å². The first-order valence-electron chi connectivity index (χ1n) is 3.65. The maximum atomic E-state index is 10.3. The van der Waals surface area contributed by atoms with Gasteiger partial charge in [-0.3, -0.25) is 4.79 Å². The van der Waals surface area contributed by atoms with Crippen LogP contribution in [0.4, 0.5) is 0 Å². The molecule has 6 heteroatoms. The van der Waals surface area contributed by atoms with Gasteiger partial charge in [-0.1, -0.05) is 5.11 Å². The summed E-state index contributed by atoms with van der Waals surface area (Å²) in [6.07, 6.45) is 0.654. The van der Waals surface area contributed by atoms with Gasteiger partial charge in [-0.2, -0.15) is 0 Å². The molecule has 0 aromatic heterocycles. The molecule has 1 atom stereocenters. The zero-order valence-electron chi connectivity index (χ0n) is 6.90. The molecule has 2 N–H and O–H groups in total. The summed E-state index contributed by atoms with van der Waals surface area (Å²) in [6.45, 7) is 2.51. The largest absolute Gasteiger partial charge is 0.480 e. The minimum absolute atomic E-state index is 0.399. The predicted octanol–water partition coefficient (Wildman–Crippen LogP) is 0.749. The molecule has 0 aromatic rings. The lowest BCUT2D eigenvalue weighted by molar-refractivity contribution is -0.138. The maximum Gasteiger partial charge on any atom is 0.320 e. The third-order valence-corrected chi connectivity index (χ3v) is 1.32. The summed E-state index contributed by atoms with van der Waals surface area (Å²) < 4.78 is 0. The number of hydrogen-bond acceptors (Lipinski definition) is 3. The van der Waals surface area contributed by atoms with Crippen LogP contribution in [0.2, 0.25) is 0 Å². The minimum Gasteiger partial charge on any atom is -0.480 e. The molecule has 0 spiro atoms. The standard InChI is InChI=1S/C6H12N4O2/c1-5(6(11)12)8-3-2-4-9-10-7/h5,8H,2-4H2,1H3,(H,11,12). The van der Waals surface area contributed by atoms with Crippen LogP contribution in [0.3, 0.4) is 0 Å². The quantitative estimate of drug-likeness (QED) is 0.267. The first kappa shape index (κ1) is 10.7. The Kier molecular flexibility index (Phi) is 5.77. The molecule has 0 aliphatic rings. The molecule has 1 unspecified atom stereocenters. The summed E-state index contributed by atoms with van der Waals surface area (Å²) in [5, 5.41) is 14.5. The summed E-state index contributed by atoms with van der Waals surface area (Å²) >= 11 is 0. The predicted molar refractivity (Wildman–Crippen MR) is 43.7 cm³/mol. The zero-order valence-corrected chi connectivity index (χ0v) is 6.90. The average Bonchev–Trinajstić information content (AvgIpc) is 2.03. The Hall–Kier alpha value is -1.26. The van der Waals surface area contributed by atoms with E-state index in [1.807, 2.05) is 0 Å². The van der Waals surface area contributed by atoms with Crippen molar-refractivity contribution in [2.24, 2.45) is 5.11 Å². The van der Waals surface area contributed by atoms with Crippen LogP contribution in [0.25, 0.3) is 10.4 Å². The van der Waals surface area contributed by atoms with E-state index < -0.39 is 12.0 Å². The fourth-order valence-electron chi connectivity index (χ4n) is 0.600.